The van der Waals surface area contributed by atoms with Gasteiger partial charge in [0.05, 0.1) is 13.0 Å². The van der Waals surface area contributed by atoms with Crippen LogP contribution in [0.5, 0.6) is 0 Å². The van der Waals surface area contributed by atoms with Gasteiger partial charge in [0.25, 0.3) is 5.91 Å². The SMILES string of the molecule is O=C(O)C[C@H](NC(=O)CNC(=O)c1cc2ccccc2[nH]1)C1CCCCC1. The highest BCUT2D eigenvalue weighted by Crippen LogP contribution is 2.27. The molecule has 144 valence electrons. The van der Waals surface area contributed by atoms with Gasteiger partial charge in [-0.25, -0.2) is 0 Å². The van der Waals surface area contributed by atoms with Crippen LogP contribution in [-0.2, 0) is 9.59 Å². The molecule has 1 atom stereocenters. The number of carboxylic acids is 1. The minimum atomic E-state index is -0.923. The van der Waals surface area contributed by atoms with E-state index in [1.807, 2.05) is 24.3 Å². The molecule has 7 heteroatoms. The summed E-state index contributed by atoms with van der Waals surface area (Å²) in [5.41, 5.74) is 1.24. The molecule has 1 aliphatic carbocycles. The first-order valence-electron chi connectivity index (χ1n) is 9.40. The van der Waals surface area contributed by atoms with Gasteiger partial charge in [-0.15, -0.1) is 0 Å². The van der Waals surface area contributed by atoms with Crippen molar-refractivity contribution in [3.8, 4) is 0 Å². The summed E-state index contributed by atoms with van der Waals surface area (Å²) in [6.07, 6.45) is 5.05. The van der Waals surface area contributed by atoms with E-state index in [9.17, 15) is 14.4 Å². The largest absolute Gasteiger partial charge is 0.481 e. The molecule has 0 aliphatic heterocycles. The number of carbonyl (C=O) groups excluding carboxylic acids is 2. The van der Waals surface area contributed by atoms with E-state index < -0.39 is 5.97 Å². The molecule has 0 radical (unpaired) electrons. The maximum Gasteiger partial charge on any atom is 0.305 e. The van der Waals surface area contributed by atoms with Crippen LogP contribution in [0.25, 0.3) is 10.9 Å². The van der Waals surface area contributed by atoms with Crippen LogP contribution in [0.4, 0.5) is 0 Å². The van der Waals surface area contributed by atoms with Crippen LogP contribution in [-0.4, -0.2) is 40.5 Å². The average molecular weight is 371 g/mol. The van der Waals surface area contributed by atoms with Crippen molar-refractivity contribution in [1.29, 1.82) is 0 Å². The van der Waals surface area contributed by atoms with Crippen LogP contribution in [0.2, 0.25) is 0 Å². The highest BCUT2D eigenvalue weighted by atomic mass is 16.4. The molecule has 0 bridgehead atoms. The van der Waals surface area contributed by atoms with Crippen molar-refractivity contribution in [3.05, 3.63) is 36.0 Å². The van der Waals surface area contributed by atoms with Gasteiger partial charge in [-0.2, -0.15) is 0 Å². The van der Waals surface area contributed by atoms with Gasteiger partial charge in [0.15, 0.2) is 0 Å². The number of fused-ring (bicyclic) bond motifs is 1. The molecule has 4 N–H and O–H groups in total. The van der Waals surface area contributed by atoms with Gasteiger partial charge in [-0.05, 0) is 30.9 Å². The number of para-hydroxylation sites is 1. The fraction of sp³-hybridized carbons (Fsp3) is 0.450. The second kappa shape index (κ2) is 8.70. The summed E-state index contributed by atoms with van der Waals surface area (Å²) in [4.78, 5) is 38.7. The molecule has 1 heterocycles. The summed E-state index contributed by atoms with van der Waals surface area (Å²) in [5.74, 6) is -1.47. The van der Waals surface area contributed by atoms with Crippen molar-refractivity contribution in [3.63, 3.8) is 0 Å². The first-order valence-corrected chi connectivity index (χ1v) is 9.40. The molecule has 2 amide bonds. The average Bonchev–Trinajstić information content (AvgIpc) is 3.10. The number of aromatic amines is 1. The molecule has 0 unspecified atom stereocenters. The van der Waals surface area contributed by atoms with Crippen molar-refractivity contribution in [2.75, 3.05) is 6.54 Å². The van der Waals surface area contributed by atoms with E-state index in [1.165, 1.54) is 0 Å². The Kier molecular flexibility index (Phi) is 6.11. The van der Waals surface area contributed by atoms with Gasteiger partial charge in [0, 0.05) is 16.9 Å². The molecule has 0 spiro atoms. The number of H-pyrrole nitrogens is 1. The zero-order chi connectivity index (χ0) is 19.2. The van der Waals surface area contributed by atoms with Gasteiger partial charge in [-0.3, -0.25) is 14.4 Å². The van der Waals surface area contributed by atoms with Crippen LogP contribution in [0.15, 0.2) is 30.3 Å². The van der Waals surface area contributed by atoms with Crippen LogP contribution >= 0.6 is 0 Å². The Morgan fingerprint density at radius 3 is 2.59 bits per heavy atom. The predicted molar refractivity (Wildman–Crippen MR) is 101 cm³/mol. The third kappa shape index (κ3) is 5.09. The summed E-state index contributed by atoms with van der Waals surface area (Å²) in [7, 11) is 0. The smallest absolute Gasteiger partial charge is 0.305 e. The topological polar surface area (TPSA) is 111 Å². The third-order valence-electron chi connectivity index (χ3n) is 5.14. The van der Waals surface area contributed by atoms with Crippen molar-refractivity contribution in [2.24, 2.45) is 5.92 Å². The molecule has 1 fully saturated rings. The van der Waals surface area contributed by atoms with Gasteiger partial charge < -0.3 is 20.7 Å². The normalized spacial score (nSPS) is 16.0. The van der Waals surface area contributed by atoms with E-state index in [4.69, 9.17) is 5.11 Å². The third-order valence-corrected chi connectivity index (χ3v) is 5.14. The maximum absolute atomic E-state index is 12.3. The molecule has 27 heavy (non-hydrogen) atoms. The monoisotopic (exact) mass is 371 g/mol. The molecule has 0 saturated heterocycles. The van der Waals surface area contributed by atoms with Gasteiger partial charge in [0.2, 0.25) is 5.91 Å². The molecular formula is C20H25N3O4. The lowest BCUT2D eigenvalue weighted by molar-refractivity contribution is -0.138. The maximum atomic E-state index is 12.3. The summed E-state index contributed by atoms with van der Waals surface area (Å²) >= 11 is 0. The highest BCUT2D eigenvalue weighted by molar-refractivity contribution is 5.99. The van der Waals surface area contributed by atoms with E-state index in [2.05, 4.69) is 15.6 Å². The minimum absolute atomic E-state index is 0.0909. The standard InChI is InChI=1S/C20H25N3O4/c24-18(23-16(11-19(25)26)13-6-2-1-3-7-13)12-21-20(27)17-10-14-8-4-5-9-15(14)22-17/h4-5,8-10,13,16,22H,1-3,6-7,11-12H2,(H,21,27)(H,23,24)(H,25,26)/t16-/m0/s1. The van der Waals surface area contributed by atoms with Crippen LogP contribution in [0, 0.1) is 5.92 Å². The number of nitrogens with one attached hydrogen (secondary N) is 3. The van der Waals surface area contributed by atoms with E-state index in [-0.39, 0.29) is 36.7 Å². The van der Waals surface area contributed by atoms with E-state index in [0.717, 1.165) is 43.0 Å². The number of aliphatic carboxylic acids is 1. The Morgan fingerprint density at radius 2 is 1.89 bits per heavy atom. The number of hydrogen-bond acceptors (Lipinski definition) is 3. The Bertz CT molecular complexity index is 790. The molecule has 1 saturated carbocycles. The fourth-order valence-corrected chi connectivity index (χ4v) is 3.77. The Morgan fingerprint density at radius 1 is 1.15 bits per heavy atom. The summed E-state index contributed by atoms with van der Waals surface area (Å²) < 4.78 is 0. The number of hydrogen-bond donors (Lipinski definition) is 4. The first-order chi connectivity index (χ1) is 13.0. The van der Waals surface area contributed by atoms with E-state index >= 15 is 0 Å². The lowest BCUT2D eigenvalue weighted by Crippen LogP contribution is -2.46. The van der Waals surface area contributed by atoms with Crippen LogP contribution in [0.1, 0.15) is 49.0 Å². The Balaban J connectivity index is 1.55. The summed E-state index contributed by atoms with van der Waals surface area (Å²) in [6, 6.07) is 8.88. The molecule has 3 rings (SSSR count). The molecule has 2 aromatic rings. The summed E-state index contributed by atoms with van der Waals surface area (Å²) in [5, 5.41) is 15.5. The number of aromatic nitrogens is 1. The Labute approximate surface area is 157 Å². The number of carbonyl (C=O) groups is 3. The van der Waals surface area contributed by atoms with Gasteiger partial charge in [-0.1, -0.05) is 37.5 Å². The lowest BCUT2D eigenvalue weighted by atomic mass is 9.82. The minimum Gasteiger partial charge on any atom is -0.481 e. The number of rotatable bonds is 7. The van der Waals surface area contributed by atoms with E-state index in [0.29, 0.717) is 5.69 Å². The number of carboxylic acid groups (broad SMARTS) is 1. The predicted octanol–water partition coefficient (Wildman–Crippen LogP) is 2.44. The Hall–Kier alpha value is -2.83. The van der Waals surface area contributed by atoms with Crippen molar-refractivity contribution in [2.45, 2.75) is 44.6 Å². The zero-order valence-electron chi connectivity index (χ0n) is 15.2. The molecule has 7 nitrogen and oxygen atoms in total. The number of amides is 2. The van der Waals surface area contributed by atoms with Gasteiger partial charge >= 0.3 is 5.97 Å². The quantitative estimate of drug-likeness (QED) is 0.599. The summed E-state index contributed by atoms with van der Waals surface area (Å²) in [6.45, 7) is -0.183. The van der Waals surface area contributed by atoms with E-state index in [1.54, 1.807) is 6.07 Å². The second-order valence-corrected chi connectivity index (χ2v) is 7.12. The van der Waals surface area contributed by atoms with Crippen molar-refractivity contribution in [1.82, 2.24) is 15.6 Å². The molecule has 1 aromatic carbocycles. The van der Waals surface area contributed by atoms with Gasteiger partial charge in [0.1, 0.15) is 5.69 Å². The molecule has 1 aromatic heterocycles. The van der Waals surface area contributed by atoms with Crippen molar-refractivity contribution >= 4 is 28.7 Å². The molecule has 1 aliphatic rings. The highest BCUT2D eigenvalue weighted by Gasteiger charge is 2.27. The zero-order valence-corrected chi connectivity index (χ0v) is 15.2. The fourth-order valence-electron chi connectivity index (χ4n) is 3.77. The first kappa shape index (κ1) is 18.9. The van der Waals surface area contributed by atoms with Crippen molar-refractivity contribution < 1.29 is 19.5 Å². The lowest BCUT2D eigenvalue weighted by Gasteiger charge is -2.30. The number of benzene rings is 1. The molecular weight excluding hydrogens is 346 g/mol. The second-order valence-electron chi connectivity index (χ2n) is 7.12. The van der Waals surface area contributed by atoms with Crippen LogP contribution < -0.4 is 10.6 Å². The van der Waals surface area contributed by atoms with Crippen LogP contribution in [0.3, 0.4) is 0 Å².